The standard InChI is InChI=1S/C11H9NO4.BrH/c12-7-3-1-2-6(10(7)13)8-4-5-9(16-8)11(14)15;/h1-5,13H,12H2,(H,14,15);1H. The van der Waals surface area contributed by atoms with E-state index < -0.39 is 5.97 Å². The van der Waals surface area contributed by atoms with Crippen LogP contribution in [0.1, 0.15) is 10.6 Å². The Morgan fingerprint density at radius 2 is 1.94 bits per heavy atom. The number of aromatic hydroxyl groups is 1. The third-order valence-corrected chi connectivity index (χ3v) is 2.15. The number of carboxylic acids is 1. The molecule has 1 aromatic carbocycles. The molecule has 2 rings (SSSR count). The van der Waals surface area contributed by atoms with Gasteiger partial charge in [0.25, 0.3) is 0 Å². The summed E-state index contributed by atoms with van der Waals surface area (Å²) in [5.41, 5.74) is 6.10. The number of furan rings is 1. The SMILES string of the molecule is Br.Nc1cccc(-c2ccc(C(=O)O)o2)c1O. The van der Waals surface area contributed by atoms with E-state index in [4.69, 9.17) is 15.3 Å². The fraction of sp³-hybridized carbons (Fsp3) is 0. The number of hydrogen-bond acceptors (Lipinski definition) is 4. The normalized spacial score (nSPS) is 9.65. The Morgan fingerprint density at radius 3 is 2.53 bits per heavy atom. The number of rotatable bonds is 2. The number of nitrogen functional groups attached to an aromatic ring is 1. The summed E-state index contributed by atoms with van der Waals surface area (Å²) in [6, 6.07) is 7.57. The van der Waals surface area contributed by atoms with Crippen LogP contribution < -0.4 is 5.73 Å². The lowest BCUT2D eigenvalue weighted by Crippen LogP contribution is -1.91. The van der Waals surface area contributed by atoms with Gasteiger partial charge >= 0.3 is 5.97 Å². The average Bonchev–Trinajstić information content (AvgIpc) is 2.71. The molecule has 0 atom stereocenters. The molecule has 1 aromatic heterocycles. The smallest absolute Gasteiger partial charge is 0.371 e. The van der Waals surface area contributed by atoms with E-state index in [-0.39, 0.29) is 39.9 Å². The summed E-state index contributed by atoms with van der Waals surface area (Å²) in [4.78, 5) is 10.6. The van der Waals surface area contributed by atoms with E-state index in [2.05, 4.69) is 0 Å². The summed E-state index contributed by atoms with van der Waals surface area (Å²) >= 11 is 0. The van der Waals surface area contributed by atoms with Crippen LogP contribution >= 0.6 is 17.0 Å². The van der Waals surface area contributed by atoms with Crippen molar-refractivity contribution < 1.29 is 19.4 Å². The number of phenolic OH excluding ortho intramolecular Hbond substituents is 1. The van der Waals surface area contributed by atoms with Crippen LogP contribution in [-0.2, 0) is 0 Å². The molecule has 0 fully saturated rings. The molecule has 0 aliphatic carbocycles. The molecule has 2 aromatic rings. The molecule has 6 heteroatoms. The van der Waals surface area contributed by atoms with E-state index in [0.29, 0.717) is 5.56 Å². The molecular formula is C11H10BrNO4. The van der Waals surface area contributed by atoms with Gasteiger partial charge in [0.1, 0.15) is 11.5 Å². The fourth-order valence-electron chi connectivity index (χ4n) is 1.36. The number of carboxylic acid groups (broad SMARTS) is 1. The van der Waals surface area contributed by atoms with Crippen LogP contribution in [0.15, 0.2) is 34.7 Å². The van der Waals surface area contributed by atoms with E-state index >= 15 is 0 Å². The third kappa shape index (κ3) is 2.42. The van der Waals surface area contributed by atoms with Gasteiger partial charge in [-0.05, 0) is 24.3 Å². The maximum absolute atomic E-state index is 10.6. The summed E-state index contributed by atoms with van der Waals surface area (Å²) in [5, 5.41) is 18.4. The number of anilines is 1. The number of nitrogens with two attached hydrogens (primary N) is 1. The molecule has 0 unspecified atom stereocenters. The number of carbonyl (C=O) groups is 1. The topological polar surface area (TPSA) is 96.7 Å². The minimum atomic E-state index is -1.16. The number of benzene rings is 1. The van der Waals surface area contributed by atoms with Crippen molar-refractivity contribution in [2.75, 3.05) is 5.73 Å². The monoisotopic (exact) mass is 299 g/mol. The number of phenols is 1. The molecule has 4 N–H and O–H groups in total. The summed E-state index contributed by atoms with van der Waals surface area (Å²) < 4.78 is 5.05. The largest absolute Gasteiger partial charge is 0.505 e. The second-order valence-electron chi connectivity index (χ2n) is 3.21. The van der Waals surface area contributed by atoms with Crippen LogP contribution in [0.4, 0.5) is 5.69 Å². The van der Waals surface area contributed by atoms with Crippen molar-refractivity contribution in [3.63, 3.8) is 0 Å². The van der Waals surface area contributed by atoms with Crippen molar-refractivity contribution in [1.82, 2.24) is 0 Å². The molecule has 0 bridgehead atoms. The van der Waals surface area contributed by atoms with Crippen LogP contribution in [0, 0.1) is 0 Å². The van der Waals surface area contributed by atoms with Gasteiger partial charge in [0.2, 0.25) is 5.76 Å². The first-order chi connectivity index (χ1) is 7.59. The molecule has 1 heterocycles. The van der Waals surface area contributed by atoms with E-state index in [1.165, 1.54) is 12.1 Å². The van der Waals surface area contributed by atoms with Crippen molar-refractivity contribution >= 4 is 28.6 Å². The van der Waals surface area contributed by atoms with Crippen LogP contribution in [-0.4, -0.2) is 16.2 Å². The zero-order valence-electron chi connectivity index (χ0n) is 8.58. The number of hydrogen-bond donors (Lipinski definition) is 3. The second-order valence-corrected chi connectivity index (χ2v) is 3.21. The van der Waals surface area contributed by atoms with Crippen molar-refractivity contribution in [3.8, 4) is 17.1 Å². The number of para-hydroxylation sites is 1. The van der Waals surface area contributed by atoms with Crippen LogP contribution in [0.5, 0.6) is 5.75 Å². The highest BCUT2D eigenvalue weighted by Gasteiger charge is 2.13. The minimum Gasteiger partial charge on any atom is -0.505 e. The van der Waals surface area contributed by atoms with Gasteiger partial charge in [-0.1, -0.05) is 6.07 Å². The zero-order chi connectivity index (χ0) is 11.7. The highest BCUT2D eigenvalue weighted by molar-refractivity contribution is 8.93. The first-order valence-corrected chi connectivity index (χ1v) is 4.50. The predicted octanol–water partition coefficient (Wildman–Crippen LogP) is 2.51. The molecule has 0 aliphatic heterocycles. The summed E-state index contributed by atoms with van der Waals surface area (Å²) in [6.45, 7) is 0. The van der Waals surface area contributed by atoms with Crippen molar-refractivity contribution in [3.05, 3.63) is 36.1 Å². The molecule has 0 saturated heterocycles. The number of aromatic carboxylic acids is 1. The highest BCUT2D eigenvalue weighted by Crippen LogP contribution is 2.34. The lowest BCUT2D eigenvalue weighted by atomic mass is 10.1. The van der Waals surface area contributed by atoms with E-state index in [0.717, 1.165) is 0 Å². The summed E-state index contributed by atoms with van der Waals surface area (Å²) in [7, 11) is 0. The molecule has 17 heavy (non-hydrogen) atoms. The van der Waals surface area contributed by atoms with E-state index in [1.54, 1.807) is 18.2 Å². The molecule has 0 saturated carbocycles. The Morgan fingerprint density at radius 1 is 1.24 bits per heavy atom. The minimum absolute atomic E-state index is 0. The third-order valence-electron chi connectivity index (χ3n) is 2.15. The zero-order valence-corrected chi connectivity index (χ0v) is 10.3. The molecule has 0 spiro atoms. The van der Waals surface area contributed by atoms with Gasteiger partial charge in [0.15, 0.2) is 0 Å². The maximum atomic E-state index is 10.6. The first kappa shape index (κ1) is 13.1. The lowest BCUT2D eigenvalue weighted by Gasteiger charge is -2.03. The Hall–Kier alpha value is -1.95. The lowest BCUT2D eigenvalue weighted by molar-refractivity contribution is 0.0663. The molecular weight excluding hydrogens is 290 g/mol. The Bertz CT molecular complexity index is 550. The van der Waals surface area contributed by atoms with Crippen LogP contribution in [0.3, 0.4) is 0 Å². The van der Waals surface area contributed by atoms with Gasteiger partial charge < -0.3 is 20.4 Å². The Labute approximate surface area is 107 Å². The van der Waals surface area contributed by atoms with Gasteiger partial charge in [-0.25, -0.2) is 4.79 Å². The van der Waals surface area contributed by atoms with Crippen molar-refractivity contribution in [1.29, 1.82) is 0 Å². The second kappa shape index (κ2) is 4.92. The first-order valence-electron chi connectivity index (χ1n) is 4.50. The molecule has 0 radical (unpaired) electrons. The van der Waals surface area contributed by atoms with Crippen LogP contribution in [0.2, 0.25) is 0 Å². The molecule has 0 amide bonds. The van der Waals surface area contributed by atoms with Crippen LogP contribution in [0.25, 0.3) is 11.3 Å². The summed E-state index contributed by atoms with van der Waals surface area (Å²) in [6.07, 6.45) is 0. The van der Waals surface area contributed by atoms with Gasteiger partial charge in [-0.15, -0.1) is 17.0 Å². The molecule has 5 nitrogen and oxygen atoms in total. The van der Waals surface area contributed by atoms with Gasteiger partial charge in [-0.2, -0.15) is 0 Å². The number of halogens is 1. The predicted molar refractivity (Wildman–Crippen MR) is 67.5 cm³/mol. The van der Waals surface area contributed by atoms with E-state index in [1.807, 2.05) is 0 Å². The molecule has 0 aliphatic rings. The fourth-order valence-corrected chi connectivity index (χ4v) is 1.36. The summed E-state index contributed by atoms with van der Waals surface area (Å²) in [5.74, 6) is -1.19. The van der Waals surface area contributed by atoms with Crippen molar-refractivity contribution in [2.24, 2.45) is 0 Å². The van der Waals surface area contributed by atoms with E-state index in [9.17, 15) is 9.90 Å². The maximum Gasteiger partial charge on any atom is 0.371 e. The molecule has 90 valence electrons. The highest BCUT2D eigenvalue weighted by atomic mass is 79.9. The Balaban J connectivity index is 0.00000144. The quantitative estimate of drug-likeness (QED) is 0.585. The van der Waals surface area contributed by atoms with Gasteiger partial charge in [0.05, 0.1) is 11.3 Å². The average molecular weight is 300 g/mol. The van der Waals surface area contributed by atoms with Gasteiger partial charge in [-0.3, -0.25) is 0 Å². The van der Waals surface area contributed by atoms with Crippen molar-refractivity contribution in [2.45, 2.75) is 0 Å². The van der Waals surface area contributed by atoms with Gasteiger partial charge in [0, 0.05) is 0 Å². The Kier molecular flexibility index (Phi) is 3.80.